The minimum Gasteiger partial charge on any atom is -0.301 e. The number of hydrogen-bond acceptors (Lipinski definition) is 4. The molecule has 1 saturated heterocycles. The van der Waals surface area contributed by atoms with Crippen molar-refractivity contribution in [3.8, 4) is 6.07 Å². The van der Waals surface area contributed by atoms with E-state index in [4.69, 9.17) is 0 Å². The van der Waals surface area contributed by atoms with Crippen LogP contribution in [0.1, 0.15) is 40.5 Å². The molecule has 1 saturated carbocycles. The molecule has 1 N–H and O–H groups in total. The van der Waals surface area contributed by atoms with Crippen LogP contribution in [0.25, 0.3) is 0 Å². The topological polar surface area (TPSA) is 42.3 Å². The van der Waals surface area contributed by atoms with Crippen molar-refractivity contribution in [2.24, 2.45) is 11.8 Å². The van der Waals surface area contributed by atoms with Crippen molar-refractivity contribution in [3.05, 3.63) is 0 Å². The van der Waals surface area contributed by atoms with Gasteiger partial charge in [-0.2, -0.15) is 5.26 Å². The van der Waals surface area contributed by atoms with Gasteiger partial charge in [-0.3, -0.25) is 10.2 Å². The normalized spacial score (nSPS) is 24.2. The van der Waals surface area contributed by atoms with Crippen molar-refractivity contribution in [2.45, 2.75) is 52.1 Å². The number of hydrogen-bond donors (Lipinski definition) is 1. The highest BCUT2D eigenvalue weighted by atomic mass is 15.3. The molecule has 1 aliphatic heterocycles. The molecule has 1 aliphatic carbocycles. The van der Waals surface area contributed by atoms with E-state index in [1.165, 1.54) is 19.4 Å². The fraction of sp³-hybridized carbons (Fsp3) is 0.941. The molecular weight excluding hydrogens is 260 g/mol. The Labute approximate surface area is 130 Å². The molecule has 0 aromatic carbocycles. The van der Waals surface area contributed by atoms with Crippen LogP contribution >= 0.6 is 0 Å². The molecule has 1 atom stereocenters. The highest BCUT2D eigenvalue weighted by Gasteiger charge is 2.47. The number of rotatable bonds is 7. The van der Waals surface area contributed by atoms with Gasteiger partial charge in [-0.05, 0) is 38.5 Å². The highest BCUT2D eigenvalue weighted by Crippen LogP contribution is 2.40. The zero-order valence-corrected chi connectivity index (χ0v) is 14.2. The molecule has 0 spiro atoms. The third-order valence-electron chi connectivity index (χ3n) is 4.58. The van der Waals surface area contributed by atoms with Gasteiger partial charge in [-0.1, -0.05) is 13.8 Å². The van der Waals surface area contributed by atoms with E-state index in [2.05, 4.69) is 48.9 Å². The fourth-order valence-corrected chi connectivity index (χ4v) is 3.54. The molecule has 0 amide bonds. The minimum absolute atomic E-state index is 0.325. The van der Waals surface area contributed by atoms with Gasteiger partial charge < -0.3 is 4.90 Å². The van der Waals surface area contributed by atoms with Crippen molar-refractivity contribution in [2.75, 3.05) is 39.3 Å². The van der Waals surface area contributed by atoms with Crippen LogP contribution in [0.2, 0.25) is 0 Å². The summed E-state index contributed by atoms with van der Waals surface area (Å²) in [5, 5.41) is 13.4. The van der Waals surface area contributed by atoms with Gasteiger partial charge in [0.05, 0.1) is 6.07 Å². The molecule has 0 aromatic rings. The Kier molecular flexibility index (Phi) is 5.65. The van der Waals surface area contributed by atoms with Crippen molar-refractivity contribution in [1.29, 1.82) is 5.26 Å². The second kappa shape index (κ2) is 7.09. The lowest BCUT2D eigenvalue weighted by molar-refractivity contribution is 0.0978. The molecule has 0 bridgehead atoms. The van der Waals surface area contributed by atoms with Crippen LogP contribution in [-0.2, 0) is 0 Å². The lowest BCUT2D eigenvalue weighted by Gasteiger charge is -2.40. The molecule has 4 heteroatoms. The first-order chi connectivity index (χ1) is 9.95. The lowest BCUT2D eigenvalue weighted by Crippen LogP contribution is -2.59. The smallest absolute Gasteiger partial charge is 0.122 e. The standard InChI is InChI=1S/C17H32N4/c1-14(2)11-20-7-9-21(10-8-20)13-17(12-18,16-5-6-16)19-15(3)4/h14-16,19H,5-11,13H2,1-4H3. The van der Waals surface area contributed by atoms with Crippen LogP contribution in [0, 0.1) is 23.2 Å². The highest BCUT2D eigenvalue weighted by molar-refractivity contribution is 5.17. The summed E-state index contributed by atoms with van der Waals surface area (Å²) in [5.41, 5.74) is -0.325. The summed E-state index contributed by atoms with van der Waals surface area (Å²) in [7, 11) is 0. The van der Waals surface area contributed by atoms with Crippen LogP contribution in [0.15, 0.2) is 0 Å². The Morgan fingerprint density at radius 1 is 1.10 bits per heavy atom. The number of nitriles is 1. The zero-order valence-electron chi connectivity index (χ0n) is 14.2. The van der Waals surface area contributed by atoms with Gasteiger partial charge in [0.15, 0.2) is 0 Å². The summed E-state index contributed by atoms with van der Waals surface area (Å²) in [6, 6.07) is 3.00. The van der Waals surface area contributed by atoms with E-state index in [-0.39, 0.29) is 5.54 Å². The van der Waals surface area contributed by atoms with Gasteiger partial charge in [-0.25, -0.2) is 0 Å². The predicted molar refractivity (Wildman–Crippen MR) is 87.1 cm³/mol. The van der Waals surface area contributed by atoms with E-state index in [0.29, 0.717) is 12.0 Å². The summed E-state index contributed by atoms with van der Waals surface area (Å²) >= 11 is 0. The molecule has 4 nitrogen and oxygen atoms in total. The minimum atomic E-state index is -0.325. The summed E-state index contributed by atoms with van der Waals surface area (Å²) in [6.45, 7) is 15.4. The largest absolute Gasteiger partial charge is 0.301 e. The Balaban J connectivity index is 1.89. The van der Waals surface area contributed by atoms with E-state index < -0.39 is 0 Å². The Bertz CT molecular complexity index is 361. The maximum Gasteiger partial charge on any atom is 0.122 e. The van der Waals surface area contributed by atoms with Gasteiger partial charge in [0.2, 0.25) is 0 Å². The Morgan fingerprint density at radius 3 is 2.10 bits per heavy atom. The quantitative estimate of drug-likeness (QED) is 0.778. The molecule has 1 heterocycles. The average Bonchev–Trinajstić information content (AvgIpc) is 3.23. The van der Waals surface area contributed by atoms with E-state index >= 15 is 0 Å². The van der Waals surface area contributed by atoms with E-state index in [9.17, 15) is 5.26 Å². The van der Waals surface area contributed by atoms with Crippen molar-refractivity contribution < 1.29 is 0 Å². The van der Waals surface area contributed by atoms with Crippen molar-refractivity contribution >= 4 is 0 Å². The Morgan fingerprint density at radius 2 is 1.67 bits per heavy atom. The molecule has 0 aromatic heterocycles. The molecule has 0 radical (unpaired) electrons. The van der Waals surface area contributed by atoms with Gasteiger partial charge in [0, 0.05) is 45.3 Å². The first kappa shape index (κ1) is 16.7. The van der Waals surface area contributed by atoms with E-state index in [1.54, 1.807) is 0 Å². The van der Waals surface area contributed by atoms with E-state index in [1.807, 2.05) is 0 Å². The lowest BCUT2D eigenvalue weighted by atomic mass is 9.92. The molecule has 2 rings (SSSR count). The maximum atomic E-state index is 9.79. The summed E-state index contributed by atoms with van der Waals surface area (Å²) in [4.78, 5) is 5.05. The average molecular weight is 292 g/mol. The number of piperazine rings is 1. The summed E-state index contributed by atoms with van der Waals surface area (Å²) in [6.07, 6.45) is 2.42. The third-order valence-corrected chi connectivity index (χ3v) is 4.58. The second-order valence-corrected chi connectivity index (χ2v) is 7.63. The third kappa shape index (κ3) is 4.67. The first-order valence-electron chi connectivity index (χ1n) is 8.59. The monoisotopic (exact) mass is 292 g/mol. The number of nitrogens with zero attached hydrogens (tertiary/aromatic N) is 3. The van der Waals surface area contributed by atoms with Gasteiger partial charge in [0.25, 0.3) is 0 Å². The summed E-state index contributed by atoms with van der Waals surface area (Å²) in [5.74, 6) is 1.29. The molecule has 2 aliphatic rings. The SMILES string of the molecule is CC(C)CN1CCN(CC(C#N)(NC(C)C)C2CC2)CC1. The molecular formula is C17H32N4. The van der Waals surface area contributed by atoms with Crippen LogP contribution < -0.4 is 5.32 Å². The second-order valence-electron chi connectivity index (χ2n) is 7.63. The predicted octanol–water partition coefficient (Wildman–Crippen LogP) is 1.93. The first-order valence-corrected chi connectivity index (χ1v) is 8.59. The van der Waals surface area contributed by atoms with E-state index in [0.717, 1.165) is 38.6 Å². The van der Waals surface area contributed by atoms with Gasteiger partial charge in [-0.15, -0.1) is 0 Å². The van der Waals surface area contributed by atoms with Crippen molar-refractivity contribution in [1.82, 2.24) is 15.1 Å². The maximum absolute atomic E-state index is 9.79. The molecule has 120 valence electrons. The Hall–Kier alpha value is -0.630. The van der Waals surface area contributed by atoms with Crippen molar-refractivity contribution in [3.63, 3.8) is 0 Å². The summed E-state index contributed by atoms with van der Waals surface area (Å²) < 4.78 is 0. The molecule has 1 unspecified atom stereocenters. The fourth-order valence-electron chi connectivity index (χ4n) is 3.54. The zero-order chi connectivity index (χ0) is 15.5. The van der Waals surface area contributed by atoms with Gasteiger partial charge >= 0.3 is 0 Å². The molecule has 2 fully saturated rings. The van der Waals surface area contributed by atoms with Gasteiger partial charge in [0.1, 0.15) is 5.54 Å². The van der Waals surface area contributed by atoms with Crippen LogP contribution in [0.4, 0.5) is 0 Å². The number of nitrogens with one attached hydrogen (secondary N) is 1. The van der Waals surface area contributed by atoms with Crippen LogP contribution in [-0.4, -0.2) is 60.6 Å². The van der Waals surface area contributed by atoms with Crippen LogP contribution in [0.5, 0.6) is 0 Å². The van der Waals surface area contributed by atoms with Crippen LogP contribution in [0.3, 0.4) is 0 Å². The molecule has 21 heavy (non-hydrogen) atoms.